The molecule has 1 aromatic rings. The van der Waals surface area contributed by atoms with Crippen LogP contribution in [0.15, 0.2) is 17.1 Å². The van der Waals surface area contributed by atoms with E-state index in [4.69, 9.17) is 23.7 Å². The second kappa shape index (κ2) is 15.6. The molecule has 156 valence electrons. The van der Waals surface area contributed by atoms with Gasteiger partial charge in [-0.2, -0.15) is 0 Å². The normalized spacial score (nSPS) is 10.8. The van der Waals surface area contributed by atoms with Crippen molar-refractivity contribution in [3.05, 3.63) is 17.7 Å². The Labute approximate surface area is 179 Å². The van der Waals surface area contributed by atoms with Gasteiger partial charge in [-0.3, -0.25) is 0 Å². The van der Waals surface area contributed by atoms with Crippen molar-refractivity contribution >= 4 is 29.9 Å². The minimum Gasteiger partial charge on any atom is -0.493 e. The second-order valence-corrected chi connectivity index (χ2v) is 5.26. The Morgan fingerprint density at radius 1 is 0.926 bits per heavy atom. The van der Waals surface area contributed by atoms with Crippen LogP contribution in [0.4, 0.5) is 0 Å². The van der Waals surface area contributed by atoms with Crippen LogP contribution in [0.1, 0.15) is 12.5 Å². The van der Waals surface area contributed by atoms with Crippen LogP contribution in [0.2, 0.25) is 0 Å². The lowest BCUT2D eigenvalue weighted by Crippen LogP contribution is -2.39. The summed E-state index contributed by atoms with van der Waals surface area (Å²) in [5, 5.41) is 6.44. The van der Waals surface area contributed by atoms with Crippen molar-refractivity contribution in [1.29, 1.82) is 0 Å². The Balaban J connectivity index is 0.00000676. The zero-order valence-electron chi connectivity index (χ0n) is 16.8. The van der Waals surface area contributed by atoms with Crippen molar-refractivity contribution in [1.82, 2.24) is 10.6 Å². The summed E-state index contributed by atoms with van der Waals surface area (Å²) in [5.41, 5.74) is 0.952. The summed E-state index contributed by atoms with van der Waals surface area (Å²) in [4.78, 5) is 4.59. The van der Waals surface area contributed by atoms with Crippen molar-refractivity contribution in [2.24, 2.45) is 4.99 Å². The number of nitrogens with one attached hydrogen (secondary N) is 2. The van der Waals surface area contributed by atoms with E-state index in [1.165, 1.54) is 0 Å². The van der Waals surface area contributed by atoms with E-state index in [9.17, 15) is 0 Å². The third-order valence-corrected chi connectivity index (χ3v) is 3.46. The first-order valence-electron chi connectivity index (χ1n) is 8.57. The van der Waals surface area contributed by atoms with Crippen LogP contribution in [0.3, 0.4) is 0 Å². The van der Waals surface area contributed by atoms with Crippen molar-refractivity contribution in [2.75, 3.05) is 61.3 Å². The van der Waals surface area contributed by atoms with Gasteiger partial charge in [0.1, 0.15) is 0 Å². The highest BCUT2D eigenvalue weighted by Crippen LogP contribution is 2.38. The molecule has 2 N–H and O–H groups in total. The van der Waals surface area contributed by atoms with Gasteiger partial charge < -0.3 is 34.3 Å². The summed E-state index contributed by atoms with van der Waals surface area (Å²) < 4.78 is 26.5. The molecule has 0 atom stereocenters. The van der Waals surface area contributed by atoms with Gasteiger partial charge >= 0.3 is 0 Å². The molecule has 0 unspecified atom stereocenters. The third-order valence-electron chi connectivity index (χ3n) is 3.46. The number of ether oxygens (including phenoxy) is 5. The average Bonchev–Trinajstić information content (AvgIpc) is 2.67. The van der Waals surface area contributed by atoms with Crippen LogP contribution in [0, 0.1) is 0 Å². The Morgan fingerprint density at radius 2 is 1.59 bits per heavy atom. The molecular weight excluding hydrogens is 465 g/mol. The van der Waals surface area contributed by atoms with Crippen molar-refractivity contribution in [3.63, 3.8) is 0 Å². The first-order valence-corrected chi connectivity index (χ1v) is 8.57. The summed E-state index contributed by atoms with van der Waals surface area (Å²) >= 11 is 0. The van der Waals surface area contributed by atoms with Gasteiger partial charge in [-0.1, -0.05) is 0 Å². The molecule has 0 heterocycles. The van der Waals surface area contributed by atoms with Gasteiger partial charge in [-0.15, -0.1) is 24.0 Å². The van der Waals surface area contributed by atoms with Gasteiger partial charge in [-0.25, -0.2) is 4.99 Å². The van der Waals surface area contributed by atoms with Crippen molar-refractivity contribution in [2.45, 2.75) is 13.5 Å². The molecule has 0 bridgehead atoms. The number of methoxy groups -OCH3 is 4. The van der Waals surface area contributed by atoms with Crippen LogP contribution in [0.25, 0.3) is 0 Å². The maximum Gasteiger partial charge on any atom is 0.203 e. The molecule has 0 saturated carbocycles. The molecule has 0 aliphatic rings. The number of aliphatic imine (C=N–C) groups is 1. The smallest absolute Gasteiger partial charge is 0.203 e. The molecule has 1 aromatic carbocycles. The highest BCUT2D eigenvalue weighted by atomic mass is 127. The zero-order chi connectivity index (χ0) is 19.2. The van der Waals surface area contributed by atoms with Gasteiger partial charge in [0.2, 0.25) is 5.75 Å². The van der Waals surface area contributed by atoms with Gasteiger partial charge in [0.15, 0.2) is 17.5 Å². The summed E-state index contributed by atoms with van der Waals surface area (Å²) in [5.74, 6) is 2.51. The quantitative estimate of drug-likeness (QED) is 0.198. The van der Waals surface area contributed by atoms with Gasteiger partial charge in [0.05, 0.1) is 47.7 Å². The lowest BCUT2D eigenvalue weighted by atomic mass is 10.2. The molecular formula is C18H32IN3O5. The number of halogens is 1. The van der Waals surface area contributed by atoms with E-state index in [1.54, 1.807) is 28.4 Å². The molecule has 0 amide bonds. The molecule has 0 saturated heterocycles. The first-order chi connectivity index (χ1) is 12.7. The van der Waals surface area contributed by atoms with Gasteiger partial charge in [0.25, 0.3) is 0 Å². The molecule has 1 rings (SSSR count). The minimum absolute atomic E-state index is 0. The summed E-state index contributed by atoms with van der Waals surface area (Å²) in [6.45, 7) is 5.67. The fourth-order valence-electron chi connectivity index (χ4n) is 2.22. The Hall–Kier alpha value is -1.46. The maximum atomic E-state index is 5.43. The Bertz CT molecular complexity index is 533. The summed E-state index contributed by atoms with van der Waals surface area (Å²) in [6, 6.07) is 3.78. The number of nitrogens with zero attached hydrogens (tertiary/aromatic N) is 1. The molecule has 0 radical (unpaired) electrons. The van der Waals surface area contributed by atoms with Crippen LogP contribution in [0.5, 0.6) is 17.2 Å². The van der Waals surface area contributed by atoms with E-state index < -0.39 is 0 Å². The second-order valence-electron chi connectivity index (χ2n) is 5.26. The predicted octanol–water partition coefficient (Wildman–Crippen LogP) is 2.05. The molecule has 0 aliphatic heterocycles. The standard InChI is InChI=1S/C18H31N3O5.HI/c1-6-19-18(20-7-8-26-10-9-22-2)21-13-14-11-15(23-3)17(25-5)16(12-14)24-4;/h11-12H,6-10,13H2,1-5H3,(H2,19,20,21);1H. The summed E-state index contributed by atoms with van der Waals surface area (Å²) in [7, 11) is 6.43. The molecule has 27 heavy (non-hydrogen) atoms. The maximum absolute atomic E-state index is 5.43. The van der Waals surface area contributed by atoms with Crippen molar-refractivity contribution in [3.8, 4) is 17.2 Å². The largest absolute Gasteiger partial charge is 0.493 e. The number of hydrogen-bond donors (Lipinski definition) is 2. The molecule has 9 heteroatoms. The van der Waals surface area contributed by atoms with Crippen molar-refractivity contribution < 1.29 is 23.7 Å². The number of hydrogen-bond acceptors (Lipinski definition) is 6. The average molecular weight is 497 g/mol. The molecule has 8 nitrogen and oxygen atoms in total. The van der Waals surface area contributed by atoms with Gasteiger partial charge in [0, 0.05) is 20.2 Å². The van der Waals surface area contributed by atoms with Crippen LogP contribution in [-0.4, -0.2) is 67.3 Å². The lowest BCUT2D eigenvalue weighted by molar-refractivity contribution is 0.0733. The fourth-order valence-corrected chi connectivity index (χ4v) is 2.22. The van der Waals surface area contributed by atoms with E-state index >= 15 is 0 Å². The van der Waals surface area contributed by atoms with Crippen LogP contribution < -0.4 is 24.8 Å². The highest BCUT2D eigenvalue weighted by Gasteiger charge is 2.13. The first kappa shape index (κ1) is 25.5. The molecule has 0 aromatic heterocycles. The van der Waals surface area contributed by atoms with E-state index in [2.05, 4.69) is 15.6 Å². The number of guanidine groups is 1. The Morgan fingerprint density at radius 3 is 2.11 bits per heavy atom. The molecule has 0 fully saturated rings. The highest BCUT2D eigenvalue weighted by molar-refractivity contribution is 14.0. The van der Waals surface area contributed by atoms with Gasteiger partial charge in [-0.05, 0) is 24.6 Å². The van der Waals surface area contributed by atoms with E-state index in [0.29, 0.717) is 50.2 Å². The SMILES string of the molecule is CCNC(=NCc1cc(OC)c(OC)c(OC)c1)NCCOCCOC.I. The van der Waals surface area contributed by atoms with E-state index in [1.807, 2.05) is 19.1 Å². The number of rotatable bonds is 12. The van der Waals surface area contributed by atoms with E-state index in [0.717, 1.165) is 18.1 Å². The minimum atomic E-state index is 0. The van der Waals surface area contributed by atoms with Crippen LogP contribution in [-0.2, 0) is 16.0 Å². The Kier molecular flexibility index (Phi) is 14.7. The third kappa shape index (κ3) is 9.34. The van der Waals surface area contributed by atoms with Crippen LogP contribution >= 0.6 is 24.0 Å². The zero-order valence-corrected chi connectivity index (χ0v) is 19.1. The summed E-state index contributed by atoms with van der Waals surface area (Å²) in [6.07, 6.45) is 0. The predicted molar refractivity (Wildman–Crippen MR) is 117 cm³/mol. The monoisotopic (exact) mass is 497 g/mol. The topological polar surface area (TPSA) is 82.6 Å². The van der Waals surface area contributed by atoms with E-state index in [-0.39, 0.29) is 24.0 Å². The fraction of sp³-hybridized carbons (Fsp3) is 0.611. The molecule has 0 spiro atoms. The lowest BCUT2D eigenvalue weighted by Gasteiger charge is -2.14. The molecule has 0 aliphatic carbocycles. The number of benzene rings is 1.